The van der Waals surface area contributed by atoms with Gasteiger partial charge in [0.1, 0.15) is 0 Å². The fraction of sp³-hybridized carbons (Fsp3) is 1.00. The first-order chi connectivity index (χ1) is 9.38. The van der Waals surface area contributed by atoms with E-state index in [1.54, 1.807) is 0 Å². The summed E-state index contributed by atoms with van der Waals surface area (Å²) in [6.45, 7) is 6.47. The Labute approximate surface area is 128 Å². The van der Waals surface area contributed by atoms with Crippen LogP contribution in [0.5, 0.6) is 0 Å². The largest absolute Gasteiger partial charge is 0.314 e. The fourth-order valence-electron chi connectivity index (χ4n) is 3.16. The van der Waals surface area contributed by atoms with Crippen molar-refractivity contribution in [3.63, 3.8) is 0 Å². The Balaban J connectivity index is 1.94. The van der Waals surface area contributed by atoms with Crippen LogP contribution >= 0.6 is 0 Å². The molecule has 0 aromatic carbocycles. The molecule has 1 fully saturated rings. The second-order valence-corrected chi connectivity index (χ2v) is 8.51. The van der Waals surface area contributed by atoms with Crippen LogP contribution in [0.4, 0.5) is 0 Å². The highest BCUT2D eigenvalue weighted by atomic mass is 32.9. The van der Waals surface area contributed by atoms with Gasteiger partial charge < -0.3 is 5.32 Å². The van der Waals surface area contributed by atoms with Gasteiger partial charge in [0.25, 0.3) is 9.05 Å². The van der Waals surface area contributed by atoms with E-state index < -0.39 is 9.05 Å². The molecular formula is C14H29NO3S2. The first-order valence-electron chi connectivity index (χ1n) is 7.71. The van der Waals surface area contributed by atoms with Gasteiger partial charge in [0.05, 0.1) is 6.61 Å². The Morgan fingerprint density at radius 3 is 2.70 bits per heavy atom. The van der Waals surface area contributed by atoms with Crippen LogP contribution in [-0.4, -0.2) is 28.5 Å². The standard InChI is InChI=1S/C14H29NO3S2/c1-12-6-7-14(13(2)11-12)5-3-4-8-15-9-10-18-20(16,17)19/h12-15H,3-11H2,1-2H3,(H,16,17,19)/t12-,13-,14+/m1/s1. The van der Waals surface area contributed by atoms with Gasteiger partial charge in [-0.15, -0.1) is 0 Å². The molecule has 2 N–H and O–H groups in total. The molecular weight excluding hydrogens is 294 g/mol. The molecule has 4 atom stereocenters. The maximum atomic E-state index is 10.7. The van der Waals surface area contributed by atoms with Gasteiger partial charge >= 0.3 is 0 Å². The van der Waals surface area contributed by atoms with E-state index in [2.05, 4.69) is 34.5 Å². The molecule has 0 heterocycles. The van der Waals surface area contributed by atoms with E-state index in [1.165, 1.54) is 32.1 Å². The molecule has 0 spiro atoms. The van der Waals surface area contributed by atoms with Gasteiger partial charge in [-0.2, -0.15) is 4.21 Å². The number of unbranched alkanes of at least 4 members (excludes halogenated alkanes) is 1. The van der Waals surface area contributed by atoms with Crippen molar-refractivity contribution >= 4 is 20.2 Å². The quantitative estimate of drug-likeness (QED) is 0.639. The molecule has 1 saturated carbocycles. The Morgan fingerprint density at radius 1 is 1.30 bits per heavy atom. The van der Waals surface area contributed by atoms with E-state index in [0.717, 1.165) is 30.7 Å². The maximum Gasteiger partial charge on any atom is 0.266 e. The highest BCUT2D eigenvalue weighted by Gasteiger charge is 2.24. The Hall–Kier alpha value is 0.250. The Morgan fingerprint density at radius 2 is 2.05 bits per heavy atom. The smallest absolute Gasteiger partial charge is 0.266 e. The van der Waals surface area contributed by atoms with Gasteiger partial charge in [-0.3, -0.25) is 8.74 Å². The summed E-state index contributed by atoms with van der Waals surface area (Å²) >= 11 is 4.23. The van der Waals surface area contributed by atoms with Gasteiger partial charge in [0.2, 0.25) is 0 Å². The molecule has 0 aromatic heterocycles. The highest BCUT2D eigenvalue weighted by Crippen LogP contribution is 2.36. The number of hydrogen-bond donors (Lipinski definition) is 2. The summed E-state index contributed by atoms with van der Waals surface area (Å²) in [4.78, 5) is 0. The normalized spacial score (nSPS) is 30.1. The summed E-state index contributed by atoms with van der Waals surface area (Å²) in [6, 6.07) is 0. The maximum absolute atomic E-state index is 10.7. The first-order valence-corrected chi connectivity index (χ1v) is 10.1. The molecule has 1 unspecified atom stereocenters. The zero-order valence-corrected chi connectivity index (χ0v) is 14.3. The van der Waals surface area contributed by atoms with Crippen molar-refractivity contribution in [3.05, 3.63) is 0 Å². The van der Waals surface area contributed by atoms with Gasteiger partial charge in [-0.05, 0) is 43.6 Å². The predicted octanol–water partition coefficient (Wildman–Crippen LogP) is 2.97. The van der Waals surface area contributed by atoms with Crippen LogP contribution < -0.4 is 5.32 Å². The molecule has 0 bridgehead atoms. The van der Waals surface area contributed by atoms with Crippen LogP contribution in [0.1, 0.15) is 52.4 Å². The van der Waals surface area contributed by atoms with Crippen molar-refractivity contribution < 1.29 is 12.9 Å². The molecule has 0 radical (unpaired) electrons. The molecule has 1 aliphatic rings. The molecule has 1 rings (SSSR count). The van der Waals surface area contributed by atoms with E-state index in [0.29, 0.717) is 6.54 Å². The van der Waals surface area contributed by atoms with Crippen LogP contribution in [0.2, 0.25) is 0 Å². The third kappa shape index (κ3) is 8.52. The summed E-state index contributed by atoms with van der Waals surface area (Å²) in [5.74, 6) is 2.70. The van der Waals surface area contributed by atoms with Crippen LogP contribution in [0, 0.1) is 17.8 Å². The van der Waals surface area contributed by atoms with Gasteiger partial charge in [-0.25, -0.2) is 0 Å². The molecule has 4 nitrogen and oxygen atoms in total. The zero-order valence-electron chi connectivity index (χ0n) is 12.7. The summed E-state index contributed by atoms with van der Waals surface area (Å²) < 4.78 is 24.0. The van der Waals surface area contributed by atoms with E-state index in [1.807, 2.05) is 0 Å². The van der Waals surface area contributed by atoms with Gasteiger partial charge in [-0.1, -0.05) is 33.1 Å². The van der Waals surface area contributed by atoms with Gasteiger partial charge in [0.15, 0.2) is 0 Å². The minimum atomic E-state index is -3.45. The minimum Gasteiger partial charge on any atom is -0.314 e. The van der Waals surface area contributed by atoms with E-state index >= 15 is 0 Å². The van der Waals surface area contributed by atoms with Crippen molar-refractivity contribution in [1.82, 2.24) is 5.32 Å². The molecule has 0 aromatic rings. The van der Waals surface area contributed by atoms with Crippen molar-refractivity contribution in [1.29, 1.82) is 0 Å². The topological polar surface area (TPSA) is 58.6 Å². The van der Waals surface area contributed by atoms with Crippen molar-refractivity contribution in [3.8, 4) is 0 Å². The van der Waals surface area contributed by atoms with E-state index in [9.17, 15) is 4.21 Å². The fourth-order valence-corrected chi connectivity index (χ4v) is 3.66. The Bertz CT molecular complexity index is 359. The van der Waals surface area contributed by atoms with Gasteiger partial charge in [0, 0.05) is 17.7 Å². The predicted molar refractivity (Wildman–Crippen MR) is 86.5 cm³/mol. The molecule has 0 saturated heterocycles. The van der Waals surface area contributed by atoms with Crippen LogP contribution in [0.3, 0.4) is 0 Å². The monoisotopic (exact) mass is 323 g/mol. The molecule has 120 valence electrons. The van der Waals surface area contributed by atoms with E-state index in [-0.39, 0.29) is 6.61 Å². The zero-order chi connectivity index (χ0) is 15.0. The second kappa shape index (κ2) is 9.30. The molecule has 6 heteroatoms. The van der Waals surface area contributed by atoms with Crippen molar-refractivity contribution in [2.45, 2.75) is 52.4 Å². The summed E-state index contributed by atoms with van der Waals surface area (Å²) in [6.07, 6.45) is 7.93. The summed E-state index contributed by atoms with van der Waals surface area (Å²) in [5, 5.41) is 3.21. The lowest BCUT2D eigenvalue weighted by Crippen LogP contribution is -2.23. The first kappa shape index (κ1) is 18.3. The lowest BCUT2D eigenvalue weighted by molar-refractivity contribution is 0.190. The molecule has 0 amide bonds. The van der Waals surface area contributed by atoms with E-state index in [4.69, 9.17) is 4.55 Å². The van der Waals surface area contributed by atoms with Crippen molar-refractivity contribution in [2.75, 3.05) is 19.7 Å². The third-order valence-corrected chi connectivity index (χ3v) is 5.05. The number of nitrogens with one attached hydrogen (secondary N) is 1. The number of rotatable bonds is 9. The Kier molecular flexibility index (Phi) is 8.51. The second-order valence-electron chi connectivity index (χ2n) is 6.15. The SMILES string of the molecule is C[C@@H]1CC[C@H](CCCCNCCOS(=O)(O)=S)[C@H](C)C1. The average Bonchev–Trinajstić information content (AvgIpc) is 2.33. The highest BCUT2D eigenvalue weighted by molar-refractivity contribution is 8.27. The minimum absolute atomic E-state index is 0.191. The molecule has 0 aliphatic heterocycles. The molecule has 20 heavy (non-hydrogen) atoms. The molecule has 1 aliphatic carbocycles. The summed E-state index contributed by atoms with van der Waals surface area (Å²) in [7, 11) is -3.45. The van der Waals surface area contributed by atoms with Crippen LogP contribution in [0.25, 0.3) is 0 Å². The lowest BCUT2D eigenvalue weighted by atomic mass is 9.74. The summed E-state index contributed by atoms with van der Waals surface area (Å²) in [5.41, 5.74) is 0. The number of hydrogen-bond acceptors (Lipinski definition) is 4. The van der Waals surface area contributed by atoms with Crippen LogP contribution in [-0.2, 0) is 24.4 Å². The average molecular weight is 324 g/mol. The van der Waals surface area contributed by atoms with Crippen LogP contribution in [0.15, 0.2) is 0 Å². The van der Waals surface area contributed by atoms with Crippen molar-refractivity contribution in [2.24, 2.45) is 17.8 Å². The lowest BCUT2D eigenvalue weighted by Gasteiger charge is -2.32. The third-order valence-electron chi connectivity index (χ3n) is 4.30.